The maximum absolute atomic E-state index is 13.5. The van der Waals surface area contributed by atoms with Gasteiger partial charge in [0.25, 0.3) is 5.91 Å². The van der Waals surface area contributed by atoms with Gasteiger partial charge in [-0.25, -0.2) is 13.4 Å². The van der Waals surface area contributed by atoms with Crippen molar-refractivity contribution >= 4 is 34.1 Å². The Balaban J connectivity index is 1.87. The Bertz CT molecular complexity index is 1060. The molecule has 1 N–H and O–H groups in total. The first-order valence-electron chi connectivity index (χ1n) is 10.4. The molecule has 0 aliphatic carbocycles. The summed E-state index contributed by atoms with van der Waals surface area (Å²) >= 11 is 0. The van der Waals surface area contributed by atoms with E-state index in [-0.39, 0.29) is 16.5 Å². The van der Waals surface area contributed by atoms with Gasteiger partial charge in [0, 0.05) is 38.3 Å². The van der Waals surface area contributed by atoms with Crippen LogP contribution in [0.3, 0.4) is 0 Å². The van der Waals surface area contributed by atoms with Crippen LogP contribution in [0.25, 0.3) is 0 Å². The molecule has 1 atom stereocenters. The standard InChI is InChI=1S/C20H26N6O4S/c1-3-11-25-14-22-20(17(25)23-19(30-4-2)24-18(20)27)15-7-5-6-8-16(15)31(28,29)26-12-9-21-10-13-26/h5-8,14,21H,3-4,9-13H2,1-2H3. The number of nitrogens with zero attached hydrogens (tertiary/aromatic N) is 5. The zero-order valence-electron chi connectivity index (χ0n) is 17.6. The number of fused-ring (bicyclic) bond motifs is 1. The molecule has 0 saturated carbocycles. The number of sulfonamides is 1. The molecule has 1 fully saturated rings. The summed E-state index contributed by atoms with van der Waals surface area (Å²) in [5.41, 5.74) is -1.39. The molecule has 10 nitrogen and oxygen atoms in total. The number of carbonyl (C=O) groups is 1. The number of benzene rings is 1. The smallest absolute Gasteiger partial charge is 0.321 e. The van der Waals surface area contributed by atoms with E-state index in [9.17, 15) is 13.2 Å². The Labute approximate surface area is 181 Å². The summed E-state index contributed by atoms with van der Waals surface area (Å²) in [5.74, 6) is -0.292. The van der Waals surface area contributed by atoms with Crippen molar-refractivity contribution < 1.29 is 17.9 Å². The van der Waals surface area contributed by atoms with Gasteiger partial charge in [0.05, 0.1) is 17.8 Å². The van der Waals surface area contributed by atoms with E-state index in [4.69, 9.17) is 4.74 Å². The number of amides is 1. The van der Waals surface area contributed by atoms with Crippen molar-refractivity contribution in [1.29, 1.82) is 0 Å². The number of ether oxygens (including phenoxy) is 1. The van der Waals surface area contributed by atoms with E-state index in [0.29, 0.717) is 45.2 Å². The number of rotatable bonds is 6. The highest BCUT2D eigenvalue weighted by molar-refractivity contribution is 7.89. The van der Waals surface area contributed by atoms with Crippen LogP contribution in [-0.2, 0) is 25.1 Å². The molecule has 0 spiro atoms. The maximum atomic E-state index is 13.5. The van der Waals surface area contributed by atoms with Crippen molar-refractivity contribution in [3.05, 3.63) is 29.8 Å². The zero-order chi connectivity index (χ0) is 22.1. The van der Waals surface area contributed by atoms with E-state index >= 15 is 0 Å². The van der Waals surface area contributed by atoms with Crippen LogP contribution in [-0.4, -0.2) is 81.1 Å². The van der Waals surface area contributed by atoms with E-state index < -0.39 is 21.5 Å². The van der Waals surface area contributed by atoms with Crippen LogP contribution in [0.1, 0.15) is 25.8 Å². The van der Waals surface area contributed by atoms with Crippen molar-refractivity contribution in [2.24, 2.45) is 15.0 Å². The third-order valence-corrected chi connectivity index (χ3v) is 7.36. The number of nitrogens with one attached hydrogen (secondary N) is 1. The summed E-state index contributed by atoms with van der Waals surface area (Å²) in [7, 11) is -3.85. The first-order valence-corrected chi connectivity index (χ1v) is 11.9. The fourth-order valence-corrected chi connectivity index (χ4v) is 5.66. The average Bonchev–Trinajstić information content (AvgIpc) is 3.15. The van der Waals surface area contributed by atoms with Crippen molar-refractivity contribution in [2.75, 3.05) is 39.3 Å². The summed E-state index contributed by atoms with van der Waals surface area (Å²) < 4.78 is 33.9. The van der Waals surface area contributed by atoms with Gasteiger partial charge in [-0.2, -0.15) is 14.3 Å². The predicted octanol–water partition coefficient (Wildman–Crippen LogP) is 0.561. The Hall–Kier alpha value is -2.63. The molecule has 4 rings (SSSR count). The number of aliphatic imine (C=N–C) groups is 3. The largest absolute Gasteiger partial charge is 0.464 e. The minimum atomic E-state index is -3.85. The molecule has 31 heavy (non-hydrogen) atoms. The van der Waals surface area contributed by atoms with Crippen molar-refractivity contribution in [2.45, 2.75) is 30.7 Å². The zero-order valence-corrected chi connectivity index (χ0v) is 18.4. The molecule has 166 valence electrons. The molecule has 0 aromatic heterocycles. The molecule has 1 unspecified atom stereocenters. The van der Waals surface area contributed by atoms with E-state index in [0.717, 1.165) is 6.42 Å². The summed E-state index contributed by atoms with van der Waals surface area (Å²) in [6.45, 7) is 6.51. The first-order chi connectivity index (χ1) is 14.9. The number of hydrogen-bond donors (Lipinski definition) is 1. The molecule has 0 radical (unpaired) electrons. The highest BCUT2D eigenvalue weighted by Crippen LogP contribution is 2.40. The van der Waals surface area contributed by atoms with Gasteiger partial charge in [-0.15, -0.1) is 0 Å². The van der Waals surface area contributed by atoms with Crippen molar-refractivity contribution in [1.82, 2.24) is 14.5 Å². The third kappa shape index (κ3) is 3.56. The molecule has 11 heteroatoms. The predicted molar refractivity (Wildman–Crippen MR) is 117 cm³/mol. The second kappa shape index (κ2) is 8.48. The molecule has 3 aliphatic rings. The van der Waals surface area contributed by atoms with Gasteiger partial charge < -0.3 is 15.0 Å². The van der Waals surface area contributed by atoms with E-state index in [1.54, 1.807) is 36.4 Å². The quantitative estimate of drug-likeness (QED) is 0.683. The van der Waals surface area contributed by atoms with Crippen LogP contribution in [0, 0.1) is 0 Å². The van der Waals surface area contributed by atoms with Gasteiger partial charge in [0.15, 0.2) is 5.84 Å². The SMILES string of the molecule is CCCN1C=NC2(c3ccccc3S(=O)(=O)N3CCNCC3)C(=O)N=C(OCC)N=C12. The fraction of sp³-hybridized carbons (Fsp3) is 0.500. The van der Waals surface area contributed by atoms with Crippen LogP contribution in [0.15, 0.2) is 44.1 Å². The molecular formula is C20H26N6O4S. The Morgan fingerprint density at radius 3 is 2.61 bits per heavy atom. The van der Waals surface area contributed by atoms with Crippen LogP contribution >= 0.6 is 0 Å². The van der Waals surface area contributed by atoms with Gasteiger partial charge in [-0.3, -0.25) is 4.79 Å². The molecule has 0 bridgehead atoms. The topological polar surface area (TPSA) is 116 Å². The lowest BCUT2D eigenvalue weighted by atomic mass is 9.87. The lowest BCUT2D eigenvalue weighted by Crippen LogP contribution is -2.50. The van der Waals surface area contributed by atoms with E-state index in [1.165, 1.54) is 10.4 Å². The normalized spacial score (nSPS) is 24.1. The highest BCUT2D eigenvalue weighted by Gasteiger charge is 2.55. The molecule has 1 saturated heterocycles. The summed E-state index contributed by atoms with van der Waals surface area (Å²) in [5, 5.41) is 3.15. The van der Waals surface area contributed by atoms with Gasteiger partial charge >= 0.3 is 6.02 Å². The minimum Gasteiger partial charge on any atom is -0.464 e. The molecule has 1 aromatic carbocycles. The van der Waals surface area contributed by atoms with E-state index in [2.05, 4.69) is 20.3 Å². The van der Waals surface area contributed by atoms with Crippen LogP contribution in [0.4, 0.5) is 0 Å². The van der Waals surface area contributed by atoms with Crippen molar-refractivity contribution in [3.8, 4) is 0 Å². The lowest BCUT2D eigenvalue weighted by molar-refractivity contribution is -0.121. The molecule has 1 aromatic rings. The number of piperazine rings is 1. The third-order valence-electron chi connectivity index (χ3n) is 5.40. The van der Waals surface area contributed by atoms with Gasteiger partial charge in [0.2, 0.25) is 15.6 Å². The number of amidine groups is 2. The van der Waals surface area contributed by atoms with Crippen LogP contribution < -0.4 is 5.32 Å². The van der Waals surface area contributed by atoms with Crippen LogP contribution in [0.2, 0.25) is 0 Å². The Kier molecular flexibility index (Phi) is 5.91. The first kappa shape index (κ1) is 21.6. The van der Waals surface area contributed by atoms with Gasteiger partial charge in [-0.05, 0) is 19.4 Å². The van der Waals surface area contributed by atoms with Gasteiger partial charge in [0.1, 0.15) is 0 Å². The summed E-state index contributed by atoms with van der Waals surface area (Å²) in [6, 6.07) is 6.46. The number of carbonyl (C=O) groups excluding carboxylic acids is 1. The number of hydrogen-bond acceptors (Lipinski definition) is 8. The van der Waals surface area contributed by atoms with Gasteiger partial charge in [-0.1, -0.05) is 25.1 Å². The van der Waals surface area contributed by atoms with Crippen LogP contribution in [0.5, 0.6) is 0 Å². The molecular weight excluding hydrogens is 420 g/mol. The second-order valence-corrected chi connectivity index (χ2v) is 9.27. The summed E-state index contributed by atoms with van der Waals surface area (Å²) in [6.07, 6.45) is 2.33. The lowest BCUT2D eigenvalue weighted by Gasteiger charge is -2.32. The monoisotopic (exact) mass is 446 g/mol. The minimum absolute atomic E-state index is 0.0350. The Morgan fingerprint density at radius 2 is 1.90 bits per heavy atom. The molecule has 3 heterocycles. The van der Waals surface area contributed by atoms with E-state index in [1.807, 2.05) is 6.92 Å². The maximum Gasteiger partial charge on any atom is 0.321 e. The molecule has 3 aliphatic heterocycles. The average molecular weight is 447 g/mol. The Morgan fingerprint density at radius 1 is 1.16 bits per heavy atom. The second-order valence-electron chi connectivity index (χ2n) is 7.37. The highest BCUT2D eigenvalue weighted by atomic mass is 32.2. The molecule has 1 amide bonds. The van der Waals surface area contributed by atoms with Crippen molar-refractivity contribution in [3.63, 3.8) is 0 Å². The fourth-order valence-electron chi connectivity index (χ4n) is 3.97. The summed E-state index contributed by atoms with van der Waals surface area (Å²) in [4.78, 5) is 28.2.